The van der Waals surface area contributed by atoms with Crippen molar-refractivity contribution in [1.29, 1.82) is 0 Å². The van der Waals surface area contributed by atoms with Crippen molar-refractivity contribution in [1.82, 2.24) is 14.9 Å². The van der Waals surface area contributed by atoms with Gasteiger partial charge in [-0.15, -0.1) is 0 Å². The summed E-state index contributed by atoms with van der Waals surface area (Å²) >= 11 is 0. The minimum Gasteiger partial charge on any atom is -0.394 e. The summed E-state index contributed by atoms with van der Waals surface area (Å²) in [4.78, 5) is 4.42. The third kappa shape index (κ3) is 3.96. The Morgan fingerprint density at radius 1 is 1.04 bits per heavy atom. The second kappa shape index (κ2) is 7.87. The largest absolute Gasteiger partial charge is 0.394 e. The number of nitrogens with one attached hydrogen (secondary N) is 1. The van der Waals surface area contributed by atoms with Crippen molar-refractivity contribution in [3.05, 3.63) is 60.4 Å². The first-order chi connectivity index (χ1) is 11.4. The van der Waals surface area contributed by atoms with E-state index in [2.05, 4.69) is 45.2 Å². The first kappa shape index (κ1) is 15.7. The van der Waals surface area contributed by atoms with Crippen molar-refractivity contribution in [2.24, 2.45) is 0 Å². The lowest BCUT2D eigenvalue weighted by Crippen LogP contribution is -2.19. The molecule has 2 aromatic carbocycles. The summed E-state index contributed by atoms with van der Waals surface area (Å²) in [7, 11) is 0. The Hall–Kier alpha value is -2.21. The van der Waals surface area contributed by atoms with Crippen molar-refractivity contribution in [3.63, 3.8) is 0 Å². The smallest absolute Gasteiger partial charge is 0.100 e. The topological polar surface area (TPSA) is 59.3 Å². The molecule has 2 N–H and O–H groups in total. The Morgan fingerprint density at radius 3 is 2.70 bits per heavy atom. The molecule has 0 fully saturated rings. The second-order valence-electron chi connectivity index (χ2n) is 5.28. The Morgan fingerprint density at radius 2 is 1.87 bits per heavy atom. The first-order valence-electron chi connectivity index (χ1n) is 7.79. The van der Waals surface area contributed by atoms with Crippen molar-refractivity contribution in [3.8, 4) is 5.69 Å². The van der Waals surface area contributed by atoms with Crippen LogP contribution in [0.1, 0.15) is 5.56 Å². The van der Waals surface area contributed by atoms with E-state index in [1.54, 1.807) is 0 Å². The fourth-order valence-corrected chi connectivity index (χ4v) is 2.48. The second-order valence-corrected chi connectivity index (χ2v) is 5.28. The summed E-state index contributed by atoms with van der Waals surface area (Å²) in [6.07, 6.45) is 1.86. The third-order valence-corrected chi connectivity index (χ3v) is 3.66. The molecule has 0 bridgehead atoms. The number of ether oxygens (including phenoxy) is 1. The highest BCUT2D eigenvalue weighted by Gasteiger charge is 2.03. The highest BCUT2D eigenvalue weighted by Crippen LogP contribution is 2.18. The summed E-state index contributed by atoms with van der Waals surface area (Å²) in [6, 6.07) is 16.6. The van der Waals surface area contributed by atoms with Gasteiger partial charge < -0.3 is 15.2 Å². The van der Waals surface area contributed by atoms with Gasteiger partial charge in [-0.3, -0.25) is 4.57 Å². The molecule has 0 spiro atoms. The molecule has 3 aromatic rings. The van der Waals surface area contributed by atoms with Gasteiger partial charge in [0.15, 0.2) is 0 Å². The van der Waals surface area contributed by atoms with Crippen molar-refractivity contribution in [2.45, 2.75) is 6.54 Å². The van der Waals surface area contributed by atoms with E-state index in [1.165, 1.54) is 5.56 Å². The van der Waals surface area contributed by atoms with Gasteiger partial charge in [0.05, 0.1) is 30.9 Å². The number of hydrogen-bond donors (Lipinski definition) is 2. The summed E-state index contributed by atoms with van der Waals surface area (Å²) in [5.41, 5.74) is 4.44. The van der Waals surface area contributed by atoms with E-state index in [0.717, 1.165) is 29.8 Å². The van der Waals surface area contributed by atoms with Crippen LogP contribution < -0.4 is 5.32 Å². The van der Waals surface area contributed by atoms with Crippen LogP contribution in [0.5, 0.6) is 0 Å². The van der Waals surface area contributed by atoms with Gasteiger partial charge in [-0.2, -0.15) is 0 Å². The maximum absolute atomic E-state index is 8.62. The number of para-hydroxylation sites is 2. The minimum absolute atomic E-state index is 0.0738. The zero-order valence-electron chi connectivity index (χ0n) is 13.0. The number of hydrogen-bond acceptors (Lipinski definition) is 4. The van der Waals surface area contributed by atoms with Gasteiger partial charge >= 0.3 is 0 Å². The van der Waals surface area contributed by atoms with Gasteiger partial charge in [0.1, 0.15) is 6.33 Å². The minimum atomic E-state index is 0.0738. The van der Waals surface area contributed by atoms with Gasteiger partial charge in [0.2, 0.25) is 0 Å². The summed E-state index contributed by atoms with van der Waals surface area (Å²) in [5.74, 6) is 0. The first-order valence-corrected chi connectivity index (χ1v) is 7.79. The molecule has 1 heterocycles. The molecule has 5 nitrogen and oxygen atoms in total. The Balaban J connectivity index is 1.59. The average molecular weight is 311 g/mol. The standard InChI is InChI=1S/C18H21N3O2/c22-10-12-23-11-9-19-13-15-5-7-16(8-6-15)21-14-20-17-3-1-2-4-18(17)21/h1-8,14,19,22H,9-13H2. The van der Waals surface area contributed by atoms with Crippen LogP contribution in [0, 0.1) is 0 Å². The molecule has 23 heavy (non-hydrogen) atoms. The van der Waals surface area contributed by atoms with E-state index in [4.69, 9.17) is 9.84 Å². The summed E-state index contributed by atoms with van der Waals surface area (Å²) < 4.78 is 7.30. The molecule has 3 rings (SSSR count). The van der Waals surface area contributed by atoms with Crippen LogP contribution in [0.4, 0.5) is 0 Å². The summed E-state index contributed by atoms with van der Waals surface area (Å²) in [6.45, 7) is 2.65. The average Bonchev–Trinajstić information content (AvgIpc) is 3.03. The molecule has 0 aliphatic heterocycles. The molecule has 0 radical (unpaired) electrons. The maximum atomic E-state index is 8.62. The van der Waals surface area contributed by atoms with Crippen LogP contribution in [-0.2, 0) is 11.3 Å². The molecular formula is C18H21N3O2. The van der Waals surface area contributed by atoms with Gasteiger partial charge in [-0.05, 0) is 29.8 Å². The van der Waals surface area contributed by atoms with Crippen LogP contribution in [0.3, 0.4) is 0 Å². The van der Waals surface area contributed by atoms with Crippen molar-refractivity contribution in [2.75, 3.05) is 26.4 Å². The fourth-order valence-electron chi connectivity index (χ4n) is 2.48. The zero-order chi connectivity index (χ0) is 15.9. The number of aliphatic hydroxyl groups is 1. The monoisotopic (exact) mass is 311 g/mol. The van der Waals surface area contributed by atoms with E-state index < -0.39 is 0 Å². The Labute approximate surface area is 135 Å². The lowest BCUT2D eigenvalue weighted by atomic mass is 10.2. The van der Waals surface area contributed by atoms with Crippen LogP contribution in [0.2, 0.25) is 0 Å². The molecule has 0 unspecified atom stereocenters. The SMILES string of the molecule is OCCOCCNCc1ccc(-n2cnc3ccccc32)cc1. The molecule has 5 heteroatoms. The van der Waals surface area contributed by atoms with Crippen molar-refractivity contribution >= 4 is 11.0 Å². The quantitative estimate of drug-likeness (QED) is 0.626. The normalized spacial score (nSPS) is 11.2. The van der Waals surface area contributed by atoms with Gasteiger partial charge in [0, 0.05) is 18.8 Å². The highest BCUT2D eigenvalue weighted by atomic mass is 16.5. The lowest BCUT2D eigenvalue weighted by molar-refractivity contribution is 0.0938. The number of fused-ring (bicyclic) bond motifs is 1. The van der Waals surface area contributed by atoms with Crippen LogP contribution in [-0.4, -0.2) is 41.0 Å². The molecule has 0 aliphatic carbocycles. The van der Waals surface area contributed by atoms with E-state index in [-0.39, 0.29) is 6.61 Å². The molecule has 0 saturated carbocycles. The number of rotatable bonds is 8. The third-order valence-electron chi connectivity index (χ3n) is 3.66. The van der Waals surface area contributed by atoms with E-state index in [0.29, 0.717) is 13.2 Å². The number of benzene rings is 2. The number of aliphatic hydroxyl groups excluding tert-OH is 1. The lowest BCUT2D eigenvalue weighted by Gasteiger charge is -2.08. The molecule has 0 saturated heterocycles. The number of nitrogens with zero attached hydrogens (tertiary/aromatic N) is 2. The molecular weight excluding hydrogens is 290 g/mol. The molecule has 120 valence electrons. The molecule has 0 aliphatic rings. The maximum Gasteiger partial charge on any atom is 0.100 e. The van der Waals surface area contributed by atoms with E-state index in [9.17, 15) is 0 Å². The predicted molar refractivity (Wildman–Crippen MR) is 90.7 cm³/mol. The van der Waals surface area contributed by atoms with E-state index in [1.807, 2.05) is 24.5 Å². The van der Waals surface area contributed by atoms with Crippen LogP contribution >= 0.6 is 0 Å². The summed E-state index contributed by atoms with van der Waals surface area (Å²) in [5, 5.41) is 11.9. The van der Waals surface area contributed by atoms with Crippen molar-refractivity contribution < 1.29 is 9.84 Å². The Bertz CT molecular complexity index is 737. The zero-order valence-corrected chi connectivity index (χ0v) is 13.0. The molecule has 0 atom stereocenters. The van der Waals surface area contributed by atoms with Gasteiger partial charge in [-0.25, -0.2) is 4.98 Å². The predicted octanol–water partition coefficient (Wildman–Crippen LogP) is 2.12. The number of imidazole rings is 1. The van der Waals surface area contributed by atoms with Crippen LogP contribution in [0.25, 0.3) is 16.7 Å². The Kier molecular flexibility index (Phi) is 5.37. The van der Waals surface area contributed by atoms with Crippen LogP contribution in [0.15, 0.2) is 54.9 Å². The van der Waals surface area contributed by atoms with Gasteiger partial charge in [-0.1, -0.05) is 24.3 Å². The van der Waals surface area contributed by atoms with E-state index >= 15 is 0 Å². The molecule has 1 aromatic heterocycles. The molecule has 0 amide bonds. The number of aromatic nitrogens is 2. The highest BCUT2D eigenvalue weighted by molar-refractivity contribution is 5.77. The van der Waals surface area contributed by atoms with Gasteiger partial charge in [0.25, 0.3) is 0 Å². The fraction of sp³-hybridized carbons (Fsp3) is 0.278.